The Balaban J connectivity index is 0.464. The van der Waals surface area contributed by atoms with E-state index in [1.807, 2.05) is 36.4 Å². The van der Waals surface area contributed by atoms with Crippen LogP contribution >= 0.6 is 0 Å². The largest absolute Gasteiger partial charge is 0.456 e. The number of hydrogen-bond acceptors (Lipinski definition) is 9. The van der Waals surface area contributed by atoms with Crippen LogP contribution in [0.4, 0.5) is 51.2 Å². The molecular weight excluding hydrogens is 1790 g/mol. The molecule has 9 aromatic heterocycles. The second kappa shape index (κ2) is 30.8. The summed E-state index contributed by atoms with van der Waals surface area (Å²) < 4.78 is 47.4. The van der Waals surface area contributed by atoms with Crippen molar-refractivity contribution in [1.29, 1.82) is 0 Å². The summed E-state index contributed by atoms with van der Waals surface area (Å²) >= 11 is 0. The van der Waals surface area contributed by atoms with Crippen LogP contribution in [-0.2, 0) is 0 Å². The molecule has 9 heterocycles. The minimum atomic E-state index is 0.770. The van der Waals surface area contributed by atoms with Crippen molar-refractivity contribution >= 4 is 270 Å². The van der Waals surface area contributed by atoms with E-state index in [9.17, 15) is 0 Å². The summed E-state index contributed by atoms with van der Waals surface area (Å²) in [6.07, 6.45) is 0. The molecular formula is C134H78N6O6. The summed E-state index contributed by atoms with van der Waals surface area (Å²) in [5.74, 6) is 0. The summed E-state index contributed by atoms with van der Waals surface area (Å²) in [4.78, 5) is 7.06. The molecule has 0 N–H and O–H groups in total. The molecule has 0 atom stereocenters. The molecule has 0 spiro atoms. The van der Waals surface area contributed by atoms with Crippen molar-refractivity contribution in [2.75, 3.05) is 14.7 Å². The molecule has 23 aromatic carbocycles. The molecule has 0 saturated heterocycles. The third-order valence-electron chi connectivity index (χ3n) is 30.5. The lowest BCUT2D eigenvalue weighted by Crippen LogP contribution is -2.10. The second-order valence-electron chi connectivity index (χ2n) is 38.6. The van der Waals surface area contributed by atoms with Crippen molar-refractivity contribution in [2.24, 2.45) is 0 Å². The Morgan fingerprint density at radius 1 is 0.123 bits per heavy atom. The topological polar surface area (TPSA) is 103 Å². The highest BCUT2D eigenvalue weighted by Crippen LogP contribution is 2.51. The molecule has 0 radical (unpaired) electrons. The van der Waals surface area contributed by atoms with Crippen LogP contribution < -0.4 is 14.7 Å². The van der Waals surface area contributed by atoms with Gasteiger partial charge in [0.2, 0.25) is 0 Å². The maximum Gasteiger partial charge on any atom is 0.137 e. The van der Waals surface area contributed by atoms with Gasteiger partial charge in [-0.25, -0.2) is 0 Å². The molecule has 0 saturated carbocycles. The highest BCUT2D eigenvalue weighted by Gasteiger charge is 2.28. The first-order valence-corrected chi connectivity index (χ1v) is 49.5. The lowest BCUT2D eigenvalue weighted by molar-refractivity contribution is 0.668. The van der Waals surface area contributed by atoms with Crippen LogP contribution in [0.15, 0.2) is 500 Å². The summed E-state index contributed by atoms with van der Waals surface area (Å²) in [5, 5.41) is 24.0. The lowest BCUT2D eigenvalue weighted by atomic mass is 10.0. The van der Waals surface area contributed by atoms with Crippen LogP contribution in [0, 0.1) is 0 Å². The van der Waals surface area contributed by atoms with E-state index < -0.39 is 0 Å². The molecule has 32 aromatic rings. The average molecular weight is 1870 g/mol. The number of rotatable bonds is 14. The van der Waals surface area contributed by atoms with Gasteiger partial charge in [-0.15, -0.1) is 0 Å². The zero-order valence-corrected chi connectivity index (χ0v) is 78.2. The Hall–Kier alpha value is -19.8. The van der Waals surface area contributed by atoms with Crippen molar-refractivity contribution in [3.63, 3.8) is 0 Å². The molecule has 0 aliphatic carbocycles. The van der Waals surface area contributed by atoms with Gasteiger partial charge in [-0.05, 0) is 305 Å². The molecule has 12 heteroatoms. The monoisotopic (exact) mass is 1870 g/mol. The van der Waals surface area contributed by atoms with Crippen molar-refractivity contribution in [2.45, 2.75) is 0 Å². The van der Waals surface area contributed by atoms with Crippen LogP contribution in [0.2, 0.25) is 0 Å². The molecule has 0 unspecified atom stereocenters. The van der Waals surface area contributed by atoms with Gasteiger partial charge < -0.3 is 54.9 Å². The first-order chi connectivity index (χ1) is 72.3. The number of nitrogens with zero attached hydrogens (tertiary/aromatic N) is 6. The SMILES string of the molecule is c1ccc(N(c2ccc(-c3ccc4c(c3)oc3cc5cc6c(cc5cc34)oc3ccccc36)cc2)c2ccc3c(c2)c2ccccc2n3-c2ccc(-c3ccc4c5ccc(N(c6ccc7c(c6)oc6cc8cc9c(cc8cc67)oc6cc(N(c7ccc8oc%10ccccc%10c8c7)c7ccc8c%10ccccc%10n(-c%10ccccc%10)c8c7)ccc69)c6ccc7oc8ccccc8c7c6)cc5n(-c5ccccc5)c4c3)cc2)cc1. The van der Waals surface area contributed by atoms with Gasteiger partial charge in [-0.2, -0.15) is 0 Å². The number of para-hydroxylation sites is 8. The van der Waals surface area contributed by atoms with E-state index >= 15 is 0 Å². The van der Waals surface area contributed by atoms with Crippen molar-refractivity contribution in [3.8, 4) is 39.3 Å². The summed E-state index contributed by atoms with van der Waals surface area (Å²) in [5.41, 5.74) is 33.3. The molecule has 0 aliphatic heterocycles. The van der Waals surface area contributed by atoms with E-state index in [2.05, 4.69) is 465 Å². The highest BCUT2D eigenvalue weighted by atomic mass is 16.3. The third kappa shape index (κ3) is 12.3. The Morgan fingerprint density at radius 3 is 0.856 bits per heavy atom. The van der Waals surface area contributed by atoms with Crippen molar-refractivity contribution < 1.29 is 26.5 Å². The molecule has 0 fully saturated rings. The normalized spacial score (nSPS) is 12.2. The molecule has 146 heavy (non-hydrogen) atoms. The van der Waals surface area contributed by atoms with E-state index in [0.717, 1.165) is 293 Å². The van der Waals surface area contributed by atoms with Gasteiger partial charge in [0.1, 0.15) is 67.0 Å². The van der Waals surface area contributed by atoms with Gasteiger partial charge in [-0.1, -0.05) is 200 Å². The number of hydrogen-bond donors (Lipinski definition) is 0. The predicted octanol–water partition coefficient (Wildman–Crippen LogP) is 38.4. The van der Waals surface area contributed by atoms with Gasteiger partial charge in [0, 0.05) is 177 Å². The molecule has 0 bridgehead atoms. The van der Waals surface area contributed by atoms with Crippen LogP contribution in [0.3, 0.4) is 0 Å². The van der Waals surface area contributed by atoms with Crippen LogP contribution in [0.5, 0.6) is 0 Å². The Morgan fingerprint density at radius 2 is 0.377 bits per heavy atom. The Bertz CT molecular complexity index is 11200. The fourth-order valence-corrected chi connectivity index (χ4v) is 23.7. The van der Waals surface area contributed by atoms with E-state index in [1.54, 1.807) is 0 Å². The number of aromatic nitrogens is 3. The van der Waals surface area contributed by atoms with Gasteiger partial charge in [0.15, 0.2) is 0 Å². The van der Waals surface area contributed by atoms with E-state index in [4.69, 9.17) is 26.5 Å². The quantitative estimate of drug-likeness (QED) is 0.105. The maximum atomic E-state index is 7.15. The van der Waals surface area contributed by atoms with Gasteiger partial charge in [-0.3, -0.25) is 0 Å². The minimum Gasteiger partial charge on any atom is -0.456 e. The van der Waals surface area contributed by atoms with Crippen LogP contribution in [-0.4, -0.2) is 13.7 Å². The molecule has 680 valence electrons. The van der Waals surface area contributed by atoms with Crippen LogP contribution in [0.1, 0.15) is 0 Å². The number of anilines is 9. The van der Waals surface area contributed by atoms with E-state index in [1.165, 1.54) is 16.2 Å². The van der Waals surface area contributed by atoms with Gasteiger partial charge in [0.25, 0.3) is 0 Å². The van der Waals surface area contributed by atoms with Gasteiger partial charge >= 0.3 is 0 Å². The molecule has 0 amide bonds. The Labute approximate surface area is 831 Å². The van der Waals surface area contributed by atoms with E-state index in [0.29, 0.717) is 0 Å². The number of fused-ring (bicyclic) bond motifs is 29. The summed E-state index contributed by atoms with van der Waals surface area (Å²) in [6.45, 7) is 0. The predicted molar refractivity (Wildman–Crippen MR) is 603 cm³/mol. The number of benzene rings is 23. The van der Waals surface area contributed by atoms with Crippen LogP contribution in [0.25, 0.3) is 258 Å². The van der Waals surface area contributed by atoms with Gasteiger partial charge in [0.05, 0.1) is 33.1 Å². The zero-order chi connectivity index (χ0) is 95.2. The maximum absolute atomic E-state index is 7.15. The Kier molecular flexibility index (Phi) is 16.9. The first-order valence-electron chi connectivity index (χ1n) is 49.5. The second-order valence-corrected chi connectivity index (χ2v) is 38.6. The van der Waals surface area contributed by atoms with Crippen molar-refractivity contribution in [3.05, 3.63) is 473 Å². The lowest BCUT2D eigenvalue weighted by Gasteiger charge is -2.26. The number of furan rings is 6. The van der Waals surface area contributed by atoms with Crippen molar-refractivity contribution in [1.82, 2.24) is 13.7 Å². The molecule has 0 aliphatic rings. The summed E-state index contributed by atoms with van der Waals surface area (Å²) in [6, 6.07) is 171. The highest BCUT2D eigenvalue weighted by molar-refractivity contribution is 6.21. The van der Waals surface area contributed by atoms with E-state index in [-0.39, 0.29) is 0 Å². The molecule has 32 rings (SSSR count). The third-order valence-corrected chi connectivity index (χ3v) is 30.5. The zero-order valence-electron chi connectivity index (χ0n) is 78.2. The fraction of sp³-hybridized carbons (Fsp3) is 0. The average Bonchev–Trinajstić information content (AvgIpc) is 1.58. The smallest absolute Gasteiger partial charge is 0.137 e. The standard InChI is InChI=1S/C134H78N6O6/c1-4-20-87(21-5-1)135(90-42-36-80(37-43-90)82-41-54-107-112-63-84-68-129-111(104-28-12-19-35-125(104)143-129)62-83(84)69-130(112)144-128(107)67-82)92-50-59-119-110(72-92)100-27-11-16-32-118(100)138(119)91-44-38-79(39-45-91)81-40-53-101-103-56-47-96(76-122(103)140(120(101)66-81)89-24-8-3-9-25-89)137(94-52-61-127-116(74-94)106-30-14-18-34-124(106)142-127)98-49-58-109-114-65-86-70-131-113(64-85(86)71-132(114)146-134(109)78-98)108-57-48-97(77-133(108)145-131)136(93-51-60-126-115(73-93)105-29-13-17-33-123(105)141-126)95-46-55-102-99-26-10-15-31-117(99)139(121(102)75-95)88-22-6-2-7-23-88/h1-78H. The molecule has 12 nitrogen and oxygen atoms in total. The minimum absolute atomic E-state index is 0.770. The first kappa shape index (κ1) is 80.0. The summed E-state index contributed by atoms with van der Waals surface area (Å²) in [7, 11) is 0. The fourth-order valence-electron chi connectivity index (χ4n) is 23.7.